The number of benzene rings is 1. The van der Waals surface area contributed by atoms with Gasteiger partial charge < -0.3 is 15.2 Å². The third kappa shape index (κ3) is 4.06. The molecule has 1 heterocycles. The summed E-state index contributed by atoms with van der Waals surface area (Å²) in [4.78, 5) is 0. The van der Waals surface area contributed by atoms with Gasteiger partial charge in [0.2, 0.25) is 0 Å². The molecule has 0 fully saturated rings. The summed E-state index contributed by atoms with van der Waals surface area (Å²) in [6.45, 7) is 4.69. The number of hydrogen-bond donors (Lipinski definition) is 2. The average molecular weight is 289 g/mol. The van der Waals surface area contributed by atoms with Crippen molar-refractivity contribution >= 4 is 0 Å². The van der Waals surface area contributed by atoms with Gasteiger partial charge in [-0.05, 0) is 37.6 Å². The van der Waals surface area contributed by atoms with Gasteiger partial charge in [-0.25, -0.2) is 0 Å². The lowest BCUT2D eigenvalue weighted by Gasteiger charge is -2.23. The second-order valence-corrected chi connectivity index (χ2v) is 5.21. The molecule has 0 radical (unpaired) electrons. The summed E-state index contributed by atoms with van der Waals surface area (Å²) in [5.74, 6) is 0.791. The first-order valence-corrected chi connectivity index (χ1v) is 7.16. The van der Waals surface area contributed by atoms with Crippen LogP contribution in [0.1, 0.15) is 31.6 Å². The zero-order valence-electron chi connectivity index (χ0n) is 12.7. The van der Waals surface area contributed by atoms with Gasteiger partial charge in [0, 0.05) is 25.0 Å². The molecule has 0 bridgehead atoms. The van der Waals surface area contributed by atoms with Crippen LogP contribution in [0.25, 0.3) is 0 Å². The minimum Gasteiger partial charge on any atom is -0.497 e. The summed E-state index contributed by atoms with van der Waals surface area (Å²) in [6, 6.07) is 9.82. The second-order valence-electron chi connectivity index (χ2n) is 5.21. The van der Waals surface area contributed by atoms with Crippen LogP contribution in [0.3, 0.4) is 0 Å². The van der Waals surface area contributed by atoms with E-state index in [0.29, 0.717) is 6.54 Å². The molecule has 2 N–H and O–H groups in total. The van der Waals surface area contributed by atoms with E-state index in [9.17, 15) is 5.11 Å². The Bertz CT molecular complexity index is 525. The minimum absolute atomic E-state index is 0.206. The highest BCUT2D eigenvalue weighted by molar-refractivity contribution is 5.28. The Morgan fingerprint density at radius 1 is 1.29 bits per heavy atom. The van der Waals surface area contributed by atoms with Crippen molar-refractivity contribution in [1.29, 1.82) is 0 Å². The van der Waals surface area contributed by atoms with Gasteiger partial charge in [-0.2, -0.15) is 5.10 Å². The fourth-order valence-electron chi connectivity index (χ4n) is 2.16. The molecule has 5 heteroatoms. The van der Waals surface area contributed by atoms with Crippen LogP contribution in [0, 0.1) is 0 Å². The number of aliphatic hydroxyl groups is 1. The lowest BCUT2D eigenvalue weighted by molar-refractivity contribution is 0.165. The molecule has 5 nitrogen and oxygen atoms in total. The SMILES string of the molecule is COc1ccc([C@H](O)CN[C@@H](C)[C@H](C)n2cccn2)cc1. The number of hydrogen-bond acceptors (Lipinski definition) is 4. The van der Waals surface area contributed by atoms with Crippen molar-refractivity contribution in [3.05, 3.63) is 48.3 Å². The normalized spacial score (nSPS) is 15.4. The van der Waals surface area contributed by atoms with Gasteiger partial charge in [0.1, 0.15) is 5.75 Å². The van der Waals surface area contributed by atoms with Crippen molar-refractivity contribution in [3.63, 3.8) is 0 Å². The number of aliphatic hydroxyl groups excluding tert-OH is 1. The van der Waals surface area contributed by atoms with Gasteiger partial charge in [-0.3, -0.25) is 4.68 Å². The zero-order valence-corrected chi connectivity index (χ0v) is 12.7. The molecule has 21 heavy (non-hydrogen) atoms. The average Bonchev–Trinajstić information content (AvgIpc) is 3.06. The van der Waals surface area contributed by atoms with Crippen LogP contribution in [0.4, 0.5) is 0 Å². The number of nitrogens with one attached hydrogen (secondary N) is 1. The molecule has 0 aliphatic heterocycles. The van der Waals surface area contributed by atoms with Crippen molar-refractivity contribution < 1.29 is 9.84 Å². The van der Waals surface area contributed by atoms with Gasteiger partial charge in [0.25, 0.3) is 0 Å². The summed E-state index contributed by atoms with van der Waals surface area (Å²) >= 11 is 0. The first-order chi connectivity index (χ1) is 10.1. The van der Waals surface area contributed by atoms with E-state index in [1.165, 1.54) is 0 Å². The van der Waals surface area contributed by atoms with E-state index in [1.807, 2.05) is 41.2 Å². The highest BCUT2D eigenvalue weighted by Crippen LogP contribution is 2.17. The first kappa shape index (κ1) is 15.5. The minimum atomic E-state index is -0.539. The van der Waals surface area contributed by atoms with Crippen LogP contribution in [-0.4, -0.2) is 34.6 Å². The first-order valence-electron chi connectivity index (χ1n) is 7.16. The van der Waals surface area contributed by atoms with E-state index in [4.69, 9.17) is 4.74 Å². The van der Waals surface area contributed by atoms with Crippen molar-refractivity contribution in [3.8, 4) is 5.75 Å². The molecule has 0 aliphatic rings. The number of aromatic nitrogens is 2. The molecule has 114 valence electrons. The van der Waals surface area contributed by atoms with Crippen LogP contribution in [0.2, 0.25) is 0 Å². The standard InChI is InChI=1S/C16H23N3O2/c1-12(13(2)19-10-4-9-18-19)17-11-16(20)14-5-7-15(21-3)8-6-14/h4-10,12-13,16-17,20H,11H2,1-3H3/t12-,13-,16+/m0/s1. The van der Waals surface area contributed by atoms with Gasteiger partial charge in [-0.15, -0.1) is 0 Å². The van der Waals surface area contributed by atoms with E-state index in [1.54, 1.807) is 13.3 Å². The van der Waals surface area contributed by atoms with E-state index < -0.39 is 6.10 Å². The van der Waals surface area contributed by atoms with Crippen LogP contribution >= 0.6 is 0 Å². The lowest BCUT2D eigenvalue weighted by Crippen LogP contribution is -2.36. The molecule has 0 saturated heterocycles. The number of nitrogens with zero attached hydrogens (tertiary/aromatic N) is 2. The van der Waals surface area contributed by atoms with Crippen molar-refractivity contribution in [2.75, 3.05) is 13.7 Å². The zero-order chi connectivity index (χ0) is 15.2. The molecule has 0 aliphatic carbocycles. The van der Waals surface area contributed by atoms with E-state index >= 15 is 0 Å². The highest BCUT2D eigenvalue weighted by Gasteiger charge is 2.15. The molecular formula is C16H23N3O2. The monoisotopic (exact) mass is 289 g/mol. The number of rotatable bonds is 7. The maximum atomic E-state index is 10.2. The lowest BCUT2D eigenvalue weighted by atomic mass is 10.1. The van der Waals surface area contributed by atoms with E-state index in [2.05, 4.69) is 24.3 Å². The summed E-state index contributed by atoms with van der Waals surface area (Å²) in [6.07, 6.45) is 3.18. The molecule has 1 aromatic heterocycles. The summed E-state index contributed by atoms with van der Waals surface area (Å²) < 4.78 is 7.03. The topological polar surface area (TPSA) is 59.3 Å². The third-order valence-corrected chi connectivity index (χ3v) is 3.80. The predicted molar refractivity (Wildman–Crippen MR) is 82.4 cm³/mol. The molecule has 0 amide bonds. The van der Waals surface area contributed by atoms with Gasteiger partial charge in [-0.1, -0.05) is 12.1 Å². The maximum Gasteiger partial charge on any atom is 0.118 e. The van der Waals surface area contributed by atoms with Crippen molar-refractivity contribution in [2.24, 2.45) is 0 Å². The van der Waals surface area contributed by atoms with Crippen molar-refractivity contribution in [2.45, 2.75) is 32.0 Å². The number of ether oxygens (including phenoxy) is 1. The molecule has 0 spiro atoms. The molecule has 1 aromatic carbocycles. The highest BCUT2D eigenvalue weighted by atomic mass is 16.5. The quantitative estimate of drug-likeness (QED) is 0.820. The second kappa shape index (κ2) is 7.24. The molecule has 2 aromatic rings. The Hall–Kier alpha value is -1.85. The fraction of sp³-hybridized carbons (Fsp3) is 0.438. The summed E-state index contributed by atoms with van der Waals surface area (Å²) in [5.41, 5.74) is 0.877. The summed E-state index contributed by atoms with van der Waals surface area (Å²) in [7, 11) is 1.63. The predicted octanol–water partition coefficient (Wildman–Crippen LogP) is 2.16. The Labute approximate surface area is 125 Å². The molecule has 0 unspecified atom stereocenters. The van der Waals surface area contributed by atoms with Crippen LogP contribution in [-0.2, 0) is 0 Å². The Kier molecular flexibility index (Phi) is 5.36. The van der Waals surface area contributed by atoms with Crippen LogP contribution < -0.4 is 10.1 Å². The molecule has 0 saturated carbocycles. The van der Waals surface area contributed by atoms with Crippen LogP contribution in [0.15, 0.2) is 42.7 Å². The molecule has 2 rings (SSSR count). The molecule has 3 atom stereocenters. The number of methoxy groups -OCH3 is 1. The van der Waals surface area contributed by atoms with Gasteiger partial charge >= 0.3 is 0 Å². The third-order valence-electron chi connectivity index (χ3n) is 3.80. The van der Waals surface area contributed by atoms with E-state index in [-0.39, 0.29) is 12.1 Å². The summed E-state index contributed by atoms with van der Waals surface area (Å²) in [5, 5.41) is 17.8. The smallest absolute Gasteiger partial charge is 0.118 e. The van der Waals surface area contributed by atoms with E-state index in [0.717, 1.165) is 11.3 Å². The van der Waals surface area contributed by atoms with Crippen LogP contribution in [0.5, 0.6) is 5.75 Å². The van der Waals surface area contributed by atoms with Crippen molar-refractivity contribution in [1.82, 2.24) is 15.1 Å². The van der Waals surface area contributed by atoms with Gasteiger partial charge in [0.05, 0.1) is 19.3 Å². The maximum absolute atomic E-state index is 10.2. The Balaban J connectivity index is 1.86. The van der Waals surface area contributed by atoms with Gasteiger partial charge in [0.15, 0.2) is 0 Å². The Morgan fingerprint density at radius 2 is 2.00 bits per heavy atom. The Morgan fingerprint density at radius 3 is 2.57 bits per heavy atom. The molecular weight excluding hydrogens is 266 g/mol. The fourth-order valence-corrected chi connectivity index (χ4v) is 2.16. The largest absolute Gasteiger partial charge is 0.497 e.